The molecule has 0 bridgehead atoms. The minimum absolute atomic E-state index is 0.0101. The van der Waals surface area contributed by atoms with Gasteiger partial charge in [0.05, 0.1) is 0 Å². The van der Waals surface area contributed by atoms with Crippen LogP contribution in [-0.2, 0) is 5.41 Å². The van der Waals surface area contributed by atoms with Crippen molar-refractivity contribution in [3.63, 3.8) is 0 Å². The van der Waals surface area contributed by atoms with Crippen molar-refractivity contribution in [2.45, 2.75) is 75.0 Å². The third kappa shape index (κ3) is 3.22. The Balaban J connectivity index is 1.87. The maximum atomic E-state index is 11.3. The Kier molecular flexibility index (Phi) is 4.92. The van der Waals surface area contributed by atoms with Crippen LogP contribution in [0.4, 0.5) is 0 Å². The lowest BCUT2D eigenvalue weighted by atomic mass is 9.52. The van der Waals surface area contributed by atoms with Crippen molar-refractivity contribution in [3.8, 4) is 5.75 Å². The molecule has 164 valence electrons. The van der Waals surface area contributed by atoms with Gasteiger partial charge in [-0.05, 0) is 101 Å². The maximum absolute atomic E-state index is 11.3. The Morgan fingerprint density at radius 3 is 2.06 bits per heavy atom. The number of benzene rings is 2. The lowest BCUT2D eigenvalue weighted by Gasteiger charge is -2.52. The maximum Gasteiger partial charge on any atom is 0.123 e. The molecular formula is C28H34OS2. The van der Waals surface area contributed by atoms with Gasteiger partial charge in [0.1, 0.15) is 5.75 Å². The lowest BCUT2D eigenvalue weighted by molar-refractivity contribution is 0.0637. The number of allylic oxidation sites excluding steroid dienone is 4. The van der Waals surface area contributed by atoms with Crippen LogP contribution in [0.5, 0.6) is 5.75 Å². The molecule has 1 N–H and O–H groups in total. The second-order valence-corrected chi connectivity index (χ2v) is 13.0. The third-order valence-electron chi connectivity index (χ3n) is 7.64. The summed E-state index contributed by atoms with van der Waals surface area (Å²) in [6.45, 7) is 9.77. The summed E-state index contributed by atoms with van der Waals surface area (Å²) in [5, 5.41) is 13.5. The van der Waals surface area contributed by atoms with Gasteiger partial charge in [0.2, 0.25) is 0 Å². The van der Waals surface area contributed by atoms with Crippen LogP contribution in [0, 0.1) is 10.8 Å². The number of hydrogen-bond donors (Lipinski definition) is 1. The first kappa shape index (κ1) is 21.5. The number of phenols is 1. The summed E-state index contributed by atoms with van der Waals surface area (Å²) in [7, 11) is 0. The monoisotopic (exact) mass is 450 g/mol. The standard InChI is InChI=1S/C28H34OS2/c1-26(2)14-27(3,4)16-28(15-26)20-10-8-7-9-17(20)25-19-12-24(31-6)23(30-5)11-18(19)22(29)13-21(25)28/h8,10-13,29H,7,9,14-16H2,1-6H3. The summed E-state index contributed by atoms with van der Waals surface area (Å²) >= 11 is 3.58. The van der Waals surface area contributed by atoms with Crippen molar-refractivity contribution in [3.05, 3.63) is 47.1 Å². The first-order valence-electron chi connectivity index (χ1n) is 11.4. The number of phenolic OH excluding ortho intramolecular Hbond substituents is 1. The molecule has 0 aliphatic heterocycles. The Morgan fingerprint density at radius 1 is 0.839 bits per heavy atom. The molecule has 2 aromatic carbocycles. The van der Waals surface area contributed by atoms with Gasteiger partial charge in [-0.15, -0.1) is 23.5 Å². The van der Waals surface area contributed by atoms with Crippen molar-refractivity contribution in [1.29, 1.82) is 0 Å². The van der Waals surface area contributed by atoms with Gasteiger partial charge in [-0.3, -0.25) is 0 Å². The molecular weight excluding hydrogens is 416 g/mol. The van der Waals surface area contributed by atoms with E-state index in [0.29, 0.717) is 5.75 Å². The summed E-state index contributed by atoms with van der Waals surface area (Å²) in [4.78, 5) is 2.56. The molecule has 0 unspecified atom stereocenters. The molecule has 0 radical (unpaired) electrons. The van der Waals surface area contributed by atoms with Gasteiger partial charge in [0, 0.05) is 20.6 Å². The fourth-order valence-corrected chi connectivity index (χ4v) is 8.94. The van der Waals surface area contributed by atoms with Gasteiger partial charge < -0.3 is 5.11 Å². The van der Waals surface area contributed by atoms with E-state index in [9.17, 15) is 5.11 Å². The third-order valence-corrected chi connectivity index (χ3v) is 9.33. The predicted molar refractivity (Wildman–Crippen MR) is 138 cm³/mol. The summed E-state index contributed by atoms with van der Waals surface area (Å²) in [5.74, 6) is 0.445. The molecule has 0 aromatic heterocycles. The molecule has 1 spiro atoms. The van der Waals surface area contributed by atoms with Crippen molar-refractivity contribution in [2.24, 2.45) is 10.8 Å². The van der Waals surface area contributed by atoms with E-state index in [0.717, 1.165) is 31.1 Å². The van der Waals surface area contributed by atoms with Crippen LogP contribution in [0.25, 0.3) is 16.3 Å². The first-order valence-corrected chi connectivity index (χ1v) is 13.9. The van der Waals surface area contributed by atoms with Crippen LogP contribution >= 0.6 is 23.5 Å². The molecule has 0 saturated heterocycles. The van der Waals surface area contributed by atoms with Crippen molar-refractivity contribution >= 4 is 39.9 Å². The molecule has 2 aromatic rings. The minimum atomic E-state index is 0.0101. The zero-order chi connectivity index (χ0) is 22.2. The molecule has 1 saturated carbocycles. The second-order valence-electron chi connectivity index (χ2n) is 11.3. The van der Waals surface area contributed by atoms with Gasteiger partial charge in [-0.25, -0.2) is 0 Å². The highest BCUT2D eigenvalue weighted by Gasteiger charge is 2.54. The largest absolute Gasteiger partial charge is 0.507 e. The van der Waals surface area contributed by atoms with Crippen LogP contribution in [0.2, 0.25) is 0 Å². The first-order chi connectivity index (χ1) is 14.6. The number of aromatic hydroxyl groups is 1. The van der Waals surface area contributed by atoms with E-state index < -0.39 is 0 Å². The van der Waals surface area contributed by atoms with Gasteiger partial charge in [-0.1, -0.05) is 39.8 Å². The van der Waals surface area contributed by atoms with Gasteiger partial charge >= 0.3 is 0 Å². The number of thioether (sulfide) groups is 2. The SMILES string of the molecule is CSc1cc2c(O)cc3c(c2cc1SC)C1=C(C=CCC1)C31CC(C)(C)CC(C)(C)C1. The molecule has 3 heteroatoms. The lowest BCUT2D eigenvalue weighted by Crippen LogP contribution is -2.44. The summed E-state index contributed by atoms with van der Waals surface area (Å²) in [6.07, 6.45) is 14.9. The molecule has 0 heterocycles. The van der Waals surface area contributed by atoms with Crippen molar-refractivity contribution < 1.29 is 5.11 Å². The van der Waals surface area contributed by atoms with E-state index in [4.69, 9.17) is 0 Å². The fraction of sp³-hybridized carbons (Fsp3) is 0.500. The van der Waals surface area contributed by atoms with E-state index >= 15 is 0 Å². The molecule has 3 aliphatic carbocycles. The topological polar surface area (TPSA) is 20.2 Å². The van der Waals surface area contributed by atoms with Crippen LogP contribution in [0.1, 0.15) is 70.9 Å². The van der Waals surface area contributed by atoms with Crippen LogP contribution in [0.3, 0.4) is 0 Å². The zero-order valence-electron chi connectivity index (χ0n) is 19.7. The Hall–Kier alpha value is -1.32. The highest BCUT2D eigenvalue weighted by atomic mass is 32.2. The van der Waals surface area contributed by atoms with E-state index in [1.54, 1.807) is 22.9 Å². The van der Waals surface area contributed by atoms with Gasteiger partial charge in [-0.2, -0.15) is 0 Å². The molecule has 1 fully saturated rings. The number of hydrogen-bond acceptors (Lipinski definition) is 3. The molecule has 0 amide bonds. The average molecular weight is 451 g/mol. The number of rotatable bonds is 2. The summed E-state index contributed by atoms with van der Waals surface area (Å²) < 4.78 is 0. The van der Waals surface area contributed by atoms with Crippen LogP contribution in [-0.4, -0.2) is 17.6 Å². The molecule has 0 atom stereocenters. The summed E-state index contributed by atoms with van der Waals surface area (Å²) in [5.41, 5.74) is 6.45. The van der Waals surface area contributed by atoms with Crippen molar-refractivity contribution in [2.75, 3.05) is 12.5 Å². The highest BCUT2D eigenvalue weighted by molar-refractivity contribution is 8.01. The number of fused-ring (bicyclic) bond motifs is 6. The summed E-state index contributed by atoms with van der Waals surface area (Å²) in [6, 6.07) is 6.70. The fourth-order valence-electron chi connectivity index (χ4n) is 7.45. The molecule has 5 rings (SSSR count). The zero-order valence-corrected chi connectivity index (χ0v) is 21.3. The van der Waals surface area contributed by atoms with Gasteiger partial charge in [0.25, 0.3) is 0 Å². The molecule has 3 aliphatic rings. The average Bonchev–Trinajstić information content (AvgIpc) is 2.94. The second kappa shape index (κ2) is 7.09. The quantitative estimate of drug-likeness (QED) is 0.463. The van der Waals surface area contributed by atoms with Crippen LogP contribution < -0.4 is 0 Å². The van der Waals surface area contributed by atoms with E-state index in [2.05, 4.69) is 70.6 Å². The molecule has 31 heavy (non-hydrogen) atoms. The smallest absolute Gasteiger partial charge is 0.123 e. The van der Waals surface area contributed by atoms with E-state index in [-0.39, 0.29) is 16.2 Å². The van der Waals surface area contributed by atoms with E-state index in [1.165, 1.54) is 32.7 Å². The van der Waals surface area contributed by atoms with Gasteiger partial charge in [0.15, 0.2) is 0 Å². The Bertz CT molecular complexity index is 1130. The molecule has 1 nitrogen and oxygen atoms in total. The minimum Gasteiger partial charge on any atom is -0.507 e. The Labute approximate surface area is 195 Å². The Morgan fingerprint density at radius 2 is 1.45 bits per heavy atom. The van der Waals surface area contributed by atoms with Crippen LogP contribution in [0.15, 0.2) is 45.7 Å². The van der Waals surface area contributed by atoms with E-state index in [1.807, 2.05) is 11.8 Å². The highest BCUT2D eigenvalue weighted by Crippen LogP contribution is 2.65. The van der Waals surface area contributed by atoms with Crippen molar-refractivity contribution in [1.82, 2.24) is 0 Å². The predicted octanol–water partition coefficient (Wildman–Crippen LogP) is 8.58. The normalized spacial score (nSPS) is 22.8.